The quantitative estimate of drug-likeness (QED) is 0.923. The second-order valence-electron chi connectivity index (χ2n) is 5.68. The third-order valence-corrected chi connectivity index (χ3v) is 4.75. The molecule has 0 saturated heterocycles. The van der Waals surface area contributed by atoms with Gasteiger partial charge in [-0.05, 0) is 58.5 Å². The highest BCUT2D eigenvalue weighted by molar-refractivity contribution is 9.10. The molecule has 1 heterocycles. The van der Waals surface area contributed by atoms with Crippen molar-refractivity contribution < 1.29 is 9.90 Å². The van der Waals surface area contributed by atoms with Crippen LogP contribution in [-0.4, -0.2) is 16.1 Å². The first-order valence-corrected chi connectivity index (χ1v) is 7.79. The SMILES string of the molecule is O=C(O)C1(Cc2ccc(Br)cn2)CCc2ccccc2C1. The smallest absolute Gasteiger partial charge is 0.310 e. The number of aliphatic carboxylic acids is 1. The molecule has 0 saturated carbocycles. The lowest BCUT2D eigenvalue weighted by Crippen LogP contribution is -2.39. The average molecular weight is 346 g/mol. The Kier molecular flexibility index (Phi) is 3.81. The minimum Gasteiger partial charge on any atom is -0.481 e. The molecule has 0 radical (unpaired) electrons. The Hall–Kier alpha value is -1.68. The summed E-state index contributed by atoms with van der Waals surface area (Å²) >= 11 is 3.36. The third-order valence-electron chi connectivity index (χ3n) is 4.28. The summed E-state index contributed by atoms with van der Waals surface area (Å²) in [6, 6.07) is 11.9. The molecule has 0 fully saturated rings. The molecule has 3 rings (SSSR count). The minimum atomic E-state index is -0.741. The zero-order valence-corrected chi connectivity index (χ0v) is 13.1. The van der Waals surface area contributed by atoms with Gasteiger partial charge in [0, 0.05) is 22.8 Å². The van der Waals surface area contributed by atoms with Crippen LogP contribution in [0.2, 0.25) is 0 Å². The van der Waals surface area contributed by atoms with Crippen molar-refractivity contribution in [2.75, 3.05) is 0 Å². The number of nitrogens with zero attached hydrogens (tertiary/aromatic N) is 1. The number of carbonyl (C=O) groups is 1. The molecular formula is C17H16BrNO2. The van der Waals surface area contributed by atoms with Crippen LogP contribution in [0.25, 0.3) is 0 Å². The van der Waals surface area contributed by atoms with Gasteiger partial charge in [-0.1, -0.05) is 24.3 Å². The molecule has 1 unspecified atom stereocenters. The number of hydrogen-bond donors (Lipinski definition) is 1. The maximum atomic E-state index is 11.9. The number of benzene rings is 1. The molecule has 1 aliphatic rings. The Morgan fingerprint density at radius 1 is 1.24 bits per heavy atom. The van der Waals surface area contributed by atoms with Crippen molar-refractivity contribution in [3.8, 4) is 0 Å². The standard InChI is InChI=1S/C17H16BrNO2/c18-14-5-6-15(19-11-14)10-17(16(20)21)8-7-12-3-1-2-4-13(12)9-17/h1-6,11H,7-10H2,(H,20,21). The van der Waals surface area contributed by atoms with E-state index in [0.29, 0.717) is 19.3 Å². The molecule has 108 valence electrons. The summed E-state index contributed by atoms with van der Waals surface area (Å²) in [5.41, 5.74) is 2.52. The Bertz CT molecular complexity index is 669. The van der Waals surface area contributed by atoms with Crippen LogP contribution >= 0.6 is 15.9 Å². The van der Waals surface area contributed by atoms with Crippen LogP contribution in [0.4, 0.5) is 0 Å². The fraction of sp³-hybridized carbons (Fsp3) is 0.294. The van der Waals surface area contributed by atoms with Crippen molar-refractivity contribution in [1.29, 1.82) is 0 Å². The van der Waals surface area contributed by atoms with Gasteiger partial charge >= 0.3 is 5.97 Å². The number of halogens is 1. The maximum absolute atomic E-state index is 11.9. The summed E-state index contributed by atoms with van der Waals surface area (Å²) in [5.74, 6) is -0.721. The summed E-state index contributed by atoms with van der Waals surface area (Å²) in [6.07, 6.45) is 4.26. The van der Waals surface area contributed by atoms with Gasteiger partial charge in [0.05, 0.1) is 5.41 Å². The zero-order valence-electron chi connectivity index (χ0n) is 11.6. The minimum absolute atomic E-state index is 0.476. The van der Waals surface area contributed by atoms with Gasteiger partial charge in [0.25, 0.3) is 0 Å². The first-order valence-electron chi connectivity index (χ1n) is 7.00. The molecule has 2 aromatic rings. The number of aryl methyl sites for hydroxylation is 1. The lowest BCUT2D eigenvalue weighted by atomic mass is 9.69. The third kappa shape index (κ3) is 2.86. The number of carboxylic acids is 1. The Balaban J connectivity index is 1.91. The second-order valence-corrected chi connectivity index (χ2v) is 6.59. The lowest BCUT2D eigenvalue weighted by molar-refractivity contribution is -0.149. The topological polar surface area (TPSA) is 50.2 Å². The Labute approximate surface area is 132 Å². The van der Waals surface area contributed by atoms with E-state index in [1.807, 2.05) is 30.3 Å². The number of rotatable bonds is 3. The van der Waals surface area contributed by atoms with E-state index in [2.05, 4.69) is 27.0 Å². The van der Waals surface area contributed by atoms with Crippen LogP contribution in [0, 0.1) is 5.41 Å². The van der Waals surface area contributed by atoms with E-state index >= 15 is 0 Å². The molecule has 4 heteroatoms. The summed E-state index contributed by atoms with van der Waals surface area (Å²) in [6.45, 7) is 0. The van der Waals surface area contributed by atoms with Crippen molar-refractivity contribution in [3.05, 3.63) is 63.9 Å². The molecule has 1 aromatic heterocycles. The van der Waals surface area contributed by atoms with E-state index in [1.165, 1.54) is 5.56 Å². The number of hydrogen-bond acceptors (Lipinski definition) is 2. The average Bonchev–Trinajstić information content (AvgIpc) is 2.49. The summed E-state index contributed by atoms with van der Waals surface area (Å²) in [5, 5.41) is 9.79. The number of pyridine rings is 1. The number of aromatic nitrogens is 1. The second kappa shape index (κ2) is 5.60. The molecule has 0 aliphatic heterocycles. The molecule has 1 atom stereocenters. The summed E-state index contributed by atoms with van der Waals surface area (Å²) in [7, 11) is 0. The van der Waals surface area contributed by atoms with Crippen LogP contribution in [-0.2, 0) is 24.1 Å². The highest BCUT2D eigenvalue weighted by atomic mass is 79.9. The van der Waals surface area contributed by atoms with E-state index in [4.69, 9.17) is 0 Å². The molecule has 1 aliphatic carbocycles. The van der Waals surface area contributed by atoms with Gasteiger partial charge in [0.1, 0.15) is 0 Å². The summed E-state index contributed by atoms with van der Waals surface area (Å²) in [4.78, 5) is 16.3. The van der Waals surface area contributed by atoms with Gasteiger partial charge in [0.15, 0.2) is 0 Å². The largest absolute Gasteiger partial charge is 0.481 e. The van der Waals surface area contributed by atoms with Crippen molar-refractivity contribution in [3.63, 3.8) is 0 Å². The Morgan fingerprint density at radius 2 is 2.00 bits per heavy atom. The van der Waals surface area contributed by atoms with E-state index < -0.39 is 11.4 Å². The fourth-order valence-corrected chi connectivity index (χ4v) is 3.30. The zero-order chi connectivity index (χ0) is 14.9. The monoisotopic (exact) mass is 345 g/mol. The molecule has 21 heavy (non-hydrogen) atoms. The first-order chi connectivity index (χ1) is 10.1. The molecule has 1 aromatic carbocycles. The molecule has 1 N–H and O–H groups in total. The van der Waals surface area contributed by atoms with Gasteiger partial charge in [-0.2, -0.15) is 0 Å². The van der Waals surface area contributed by atoms with Crippen LogP contribution in [0.3, 0.4) is 0 Å². The first kappa shape index (κ1) is 14.3. The number of fused-ring (bicyclic) bond motifs is 1. The fourth-order valence-electron chi connectivity index (χ4n) is 3.07. The molecule has 0 amide bonds. The van der Waals surface area contributed by atoms with Crippen LogP contribution in [0.15, 0.2) is 47.1 Å². The van der Waals surface area contributed by atoms with Gasteiger partial charge in [-0.15, -0.1) is 0 Å². The predicted octanol–water partition coefficient (Wildman–Crippen LogP) is 3.65. The normalized spacial score (nSPS) is 20.8. The van der Waals surface area contributed by atoms with Crippen molar-refractivity contribution in [2.24, 2.45) is 5.41 Å². The maximum Gasteiger partial charge on any atom is 0.310 e. The van der Waals surface area contributed by atoms with Gasteiger partial charge < -0.3 is 5.11 Å². The van der Waals surface area contributed by atoms with Crippen molar-refractivity contribution >= 4 is 21.9 Å². The van der Waals surface area contributed by atoms with Crippen molar-refractivity contribution in [1.82, 2.24) is 4.98 Å². The highest BCUT2D eigenvalue weighted by Crippen LogP contribution is 2.38. The predicted molar refractivity (Wildman–Crippen MR) is 84.2 cm³/mol. The van der Waals surface area contributed by atoms with E-state index in [1.54, 1.807) is 6.20 Å². The lowest BCUT2D eigenvalue weighted by Gasteiger charge is -2.34. The van der Waals surface area contributed by atoms with Crippen LogP contribution < -0.4 is 0 Å². The molecule has 0 spiro atoms. The van der Waals surface area contributed by atoms with Crippen LogP contribution in [0.5, 0.6) is 0 Å². The molecular weight excluding hydrogens is 330 g/mol. The van der Waals surface area contributed by atoms with Crippen molar-refractivity contribution in [2.45, 2.75) is 25.7 Å². The molecule has 0 bridgehead atoms. The molecule has 3 nitrogen and oxygen atoms in total. The number of carboxylic acid groups (broad SMARTS) is 1. The van der Waals surface area contributed by atoms with Gasteiger partial charge in [-0.3, -0.25) is 9.78 Å². The Morgan fingerprint density at radius 3 is 2.67 bits per heavy atom. The van der Waals surface area contributed by atoms with Crippen LogP contribution in [0.1, 0.15) is 23.2 Å². The van der Waals surface area contributed by atoms with E-state index in [0.717, 1.165) is 22.2 Å². The summed E-state index contributed by atoms with van der Waals surface area (Å²) < 4.78 is 0.907. The van der Waals surface area contributed by atoms with E-state index in [9.17, 15) is 9.90 Å². The van der Waals surface area contributed by atoms with E-state index in [-0.39, 0.29) is 0 Å². The highest BCUT2D eigenvalue weighted by Gasteiger charge is 2.41. The van der Waals surface area contributed by atoms with Gasteiger partial charge in [-0.25, -0.2) is 0 Å². The van der Waals surface area contributed by atoms with Gasteiger partial charge in [0.2, 0.25) is 0 Å².